The fraction of sp³-hybridized carbons (Fsp3) is 0. The first-order valence-corrected chi connectivity index (χ1v) is 4.08. The number of thiophene rings is 1. The molecule has 12 heavy (non-hydrogen) atoms. The van der Waals surface area contributed by atoms with Crippen molar-refractivity contribution in [2.24, 2.45) is 0 Å². The van der Waals surface area contributed by atoms with Gasteiger partial charge in [-0.2, -0.15) is 0 Å². The molecule has 0 amide bonds. The number of pyridine rings is 1. The van der Waals surface area contributed by atoms with Gasteiger partial charge in [-0.05, 0) is 12.1 Å². The van der Waals surface area contributed by atoms with Crippen LogP contribution in [0.4, 0.5) is 5.00 Å². The monoisotopic (exact) mass is 180 g/mol. The van der Waals surface area contributed by atoms with Crippen LogP contribution in [0.15, 0.2) is 24.4 Å². The molecule has 0 saturated heterocycles. The van der Waals surface area contributed by atoms with E-state index in [0.29, 0.717) is 5.52 Å². The molecule has 0 spiro atoms. The Balaban J connectivity index is 2.70. The first-order chi connectivity index (χ1) is 5.77. The van der Waals surface area contributed by atoms with Gasteiger partial charge in [-0.3, -0.25) is 15.1 Å². The Morgan fingerprint density at radius 2 is 2.42 bits per heavy atom. The number of nitrogens with zero attached hydrogens (tertiary/aromatic N) is 2. The van der Waals surface area contributed by atoms with E-state index in [1.165, 1.54) is 6.07 Å². The maximum atomic E-state index is 10.4. The molecule has 2 heterocycles. The molecular formula is C7H4N2O2S. The average molecular weight is 180 g/mol. The van der Waals surface area contributed by atoms with E-state index >= 15 is 0 Å². The number of hydrogen-bond donors (Lipinski definition) is 0. The van der Waals surface area contributed by atoms with Gasteiger partial charge in [0.1, 0.15) is 0 Å². The van der Waals surface area contributed by atoms with E-state index in [-0.39, 0.29) is 5.00 Å². The van der Waals surface area contributed by atoms with Crippen molar-refractivity contribution in [2.45, 2.75) is 0 Å². The number of aromatic nitrogens is 1. The summed E-state index contributed by atoms with van der Waals surface area (Å²) in [6, 6.07) is 5.07. The minimum absolute atomic E-state index is 0.142. The smallest absolute Gasteiger partial charge is 0.258 e. The highest BCUT2D eigenvalue weighted by Crippen LogP contribution is 2.29. The molecule has 0 radical (unpaired) electrons. The molecule has 0 aromatic carbocycles. The molecule has 5 heteroatoms. The third kappa shape index (κ3) is 1.04. The summed E-state index contributed by atoms with van der Waals surface area (Å²) >= 11 is 1.14. The molecule has 0 aliphatic carbocycles. The SMILES string of the molecule is O=[N+]([O-])c1cc2ncccc2s1. The standard InChI is InChI=1S/C7H4N2O2S/c10-9(11)7-4-5-6(12-7)2-1-3-8-5/h1-4H. The lowest BCUT2D eigenvalue weighted by molar-refractivity contribution is -0.380. The molecule has 2 aromatic heterocycles. The average Bonchev–Trinajstić information content (AvgIpc) is 2.46. The third-order valence-corrected chi connectivity index (χ3v) is 2.50. The molecule has 0 aliphatic heterocycles. The normalized spacial score (nSPS) is 10.3. The van der Waals surface area contributed by atoms with Crippen molar-refractivity contribution < 1.29 is 4.92 Å². The lowest BCUT2D eigenvalue weighted by Crippen LogP contribution is -1.80. The van der Waals surface area contributed by atoms with Crippen LogP contribution in [0.1, 0.15) is 0 Å². The molecule has 4 nitrogen and oxygen atoms in total. The van der Waals surface area contributed by atoms with Gasteiger partial charge in [-0.1, -0.05) is 11.3 Å². The summed E-state index contributed by atoms with van der Waals surface area (Å²) in [5.41, 5.74) is 0.689. The second-order valence-electron chi connectivity index (χ2n) is 2.23. The quantitative estimate of drug-likeness (QED) is 0.499. The van der Waals surface area contributed by atoms with Gasteiger partial charge in [0.2, 0.25) is 0 Å². The van der Waals surface area contributed by atoms with Crippen LogP contribution < -0.4 is 0 Å². The van der Waals surface area contributed by atoms with E-state index in [9.17, 15) is 10.1 Å². The van der Waals surface area contributed by atoms with Crippen molar-refractivity contribution in [1.82, 2.24) is 4.98 Å². The highest BCUT2D eigenvalue weighted by molar-refractivity contribution is 7.22. The van der Waals surface area contributed by atoms with Gasteiger partial charge in [-0.25, -0.2) is 0 Å². The predicted molar refractivity (Wildman–Crippen MR) is 46.3 cm³/mol. The minimum atomic E-state index is -0.396. The number of fused-ring (bicyclic) bond motifs is 1. The Bertz CT molecular complexity index is 405. The van der Waals surface area contributed by atoms with Crippen LogP contribution in [0.5, 0.6) is 0 Å². The predicted octanol–water partition coefficient (Wildman–Crippen LogP) is 2.20. The summed E-state index contributed by atoms with van der Waals surface area (Å²) in [6.07, 6.45) is 1.62. The van der Waals surface area contributed by atoms with E-state index in [1.54, 1.807) is 12.3 Å². The summed E-state index contributed by atoms with van der Waals surface area (Å²) < 4.78 is 0.851. The zero-order valence-corrected chi connectivity index (χ0v) is 6.75. The first-order valence-electron chi connectivity index (χ1n) is 3.26. The fourth-order valence-electron chi connectivity index (χ4n) is 0.947. The van der Waals surface area contributed by atoms with Gasteiger partial charge >= 0.3 is 5.00 Å². The summed E-state index contributed by atoms with van der Waals surface area (Å²) in [6.45, 7) is 0. The molecule has 60 valence electrons. The van der Waals surface area contributed by atoms with Crippen LogP contribution in [0.25, 0.3) is 10.2 Å². The third-order valence-electron chi connectivity index (χ3n) is 1.45. The van der Waals surface area contributed by atoms with Crippen molar-refractivity contribution in [1.29, 1.82) is 0 Å². The van der Waals surface area contributed by atoms with E-state index < -0.39 is 4.92 Å². The maximum absolute atomic E-state index is 10.4. The molecule has 2 rings (SSSR count). The van der Waals surface area contributed by atoms with Crippen LogP contribution in [-0.4, -0.2) is 9.91 Å². The molecule has 0 fully saturated rings. The van der Waals surface area contributed by atoms with Gasteiger partial charge in [0.15, 0.2) is 0 Å². The Kier molecular flexibility index (Phi) is 1.51. The van der Waals surface area contributed by atoms with Crippen LogP contribution in [0.3, 0.4) is 0 Å². The highest BCUT2D eigenvalue weighted by atomic mass is 32.1. The van der Waals surface area contributed by atoms with Crippen LogP contribution in [-0.2, 0) is 0 Å². The van der Waals surface area contributed by atoms with Crippen molar-refractivity contribution in [3.63, 3.8) is 0 Å². The molecule has 0 atom stereocenters. The van der Waals surface area contributed by atoms with Crippen molar-refractivity contribution in [3.05, 3.63) is 34.5 Å². The molecule has 0 N–H and O–H groups in total. The lowest BCUT2D eigenvalue weighted by atomic mass is 10.4. The van der Waals surface area contributed by atoms with Crippen molar-refractivity contribution >= 4 is 26.6 Å². The van der Waals surface area contributed by atoms with Crippen LogP contribution >= 0.6 is 11.3 Å². The topological polar surface area (TPSA) is 56.0 Å². The summed E-state index contributed by atoms with van der Waals surface area (Å²) in [5, 5.41) is 10.5. The van der Waals surface area contributed by atoms with Gasteiger partial charge in [0.05, 0.1) is 21.2 Å². The second kappa shape index (κ2) is 2.53. The molecule has 2 aromatic rings. The largest absolute Gasteiger partial charge is 0.326 e. The summed E-state index contributed by atoms with van der Waals surface area (Å²) in [4.78, 5) is 14.0. The minimum Gasteiger partial charge on any atom is -0.258 e. The molecule has 0 unspecified atom stereocenters. The lowest BCUT2D eigenvalue weighted by Gasteiger charge is -1.80. The van der Waals surface area contributed by atoms with Crippen molar-refractivity contribution in [3.8, 4) is 0 Å². The number of nitro groups is 1. The Labute approximate surface area is 71.6 Å². The fourth-order valence-corrected chi connectivity index (χ4v) is 1.78. The van der Waals surface area contributed by atoms with E-state index in [0.717, 1.165) is 16.0 Å². The van der Waals surface area contributed by atoms with Gasteiger partial charge < -0.3 is 0 Å². The Morgan fingerprint density at radius 1 is 1.58 bits per heavy atom. The first kappa shape index (κ1) is 7.17. The Hall–Kier alpha value is -1.49. The molecular weight excluding hydrogens is 176 g/mol. The number of rotatable bonds is 1. The van der Waals surface area contributed by atoms with Crippen LogP contribution in [0.2, 0.25) is 0 Å². The molecule has 0 saturated carbocycles. The van der Waals surface area contributed by atoms with E-state index in [4.69, 9.17) is 0 Å². The van der Waals surface area contributed by atoms with Gasteiger partial charge in [-0.15, -0.1) is 0 Å². The molecule has 0 bridgehead atoms. The summed E-state index contributed by atoms with van der Waals surface area (Å²) in [5.74, 6) is 0. The summed E-state index contributed by atoms with van der Waals surface area (Å²) in [7, 11) is 0. The van der Waals surface area contributed by atoms with Crippen LogP contribution in [0, 0.1) is 10.1 Å². The number of hydrogen-bond acceptors (Lipinski definition) is 4. The van der Waals surface area contributed by atoms with Gasteiger partial charge in [0.25, 0.3) is 0 Å². The van der Waals surface area contributed by atoms with E-state index in [1.807, 2.05) is 6.07 Å². The highest BCUT2D eigenvalue weighted by Gasteiger charge is 2.10. The van der Waals surface area contributed by atoms with Gasteiger partial charge in [0, 0.05) is 6.20 Å². The molecule has 0 aliphatic rings. The van der Waals surface area contributed by atoms with Crippen molar-refractivity contribution in [2.75, 3.05) is 0 Å². The van der Waals surface area contributed by atoms with E-state index in [2.05, 4.69) is 4.98 Å². The maximum Gasteiger partial charge on any atom is 0.326 e. The zero-order valence-electron chi connectivity index (χ0n) is 5.93. The second-order valence-corrected chi connectivity index (χ2v) is 3.29. The zero-order chi connectivity index (χ0) is 8.55. The Morgan fingerprint density at radius 3 is 3.08 bits per heavy atom.